The summed E-state index contributed by atoms with van der Waals surface area (Å²) in [5.74, 6) is 0.192. The molecule has 7 heteroatoms. The molecule has 0 aliphatic carbocycles. The van der Waals surface area contributed by atoms with Crippen LogP contribution in [0.5, 0.6) is 0 Å². The number of nitrogens with zero attached hydrogens (tertiary/aromatic N) is 5. The van der Waals surface area contributed by atoms with Crippen LogP contribution in [-0.2, 0) is 11.3 Å². The van der Waals surface area contributed by atoms with E-state index in [0.717, 1.165) is 45.6 Å². The fourth-order valence-corrected chi connectivity index (χ4v) is 3.75. The Morgan fingerprint density at radius 1 is 1.12 bits per heavy atom. The molecule has 0 radical (unpaired) electrons. The van der Waals surface area contributed by atoms with Crippen LogP contribution in [0.1, 0.15) is 18.4 Å². The summed E-state index contributed by atoms with van der Waals surface area (Å²) in [6.45, 7) is 4.26. The molecular formula is C18H22FN5O. The molecule has 2 aliphatic rings. The van der Waals surface area contributed by atoms with E-state index < -0.39 is 5.82 Å². The first-order chi connectivity index (χ1) is 12.3. The van der Waals surface area contributed by atoms with Gasteiger partial charge in [-0.25, -0.2) is 14.4 Å². The molecule has 0 saturated carbocycles. The zero-order chi connectivity index (χ0) is 17.1. The summed E-state index contributed by atoms with van der Waals surface area (Å²) in [4.78, 5) is 17.1. The highest BCUT2D eigenvalue weighted by molar-refractivity contribution is 5.29. The van der Waals surface area contributed by atoms with Crippen molar-refractivity contribution in [1.82, 2.24) is 19.9 Å². The van der Waals surface area contributed by atoms with Crippen molar-refractivity contribution in [2.24, 2.45) is 0 Å². The lowest BCUT2D eigenvalue weighted by Crippen LogP contribution is -2.50. The fraction of sp³-hybridized carbons (Fsp3) is 0.500. The topological polar surface area (TPSA) is 54.4 Å². The maximum atomic E-state index is 13.1. The number of hydrogen-bond acceptors (Lipinski definition) is 6. The summed E-state index contributed by atoms with van der Waals surface area (Å²) in [5, 5.41) is 0. The first-order valence-corrected chi connectivity index (χ1v) is 8.76. The van der Waals surface area contributed by atoms with Crippen LogP contribution >= 0.6 is 0 Å². The second-order valence-corrected chi connectivity index (χ2v) is 6.57. The van der Waals surface area contributed by atoms with E-state index in [2.05, 4.69) is 30.8 Å². The largest absolute Gasteiger partial charge is 0.375 e. The molecule has 2 aliphatic heterocycles. The molecular weight excluding hydrogens is 321 g/mol. The SMILES string of the molecule is Fc1cnc(N2CCC3OCCN(Cc4cccnc4)C3CC2)nc1. The molecule has 132 valence electrons. The second kappa shape index (κ2) is 7.41. The Bertz CT molecular complexity index is 684. The predicted octanol–water partition coefficient (Wildman–Crippen LogP) is 1.88. The minimum atomic E-state index is -0.404. The van der Waals surface area contributed by atoms with Crippen LogP contribution in [0.25, 0.3) is 0 Å². The zero-order valence-corrected chi connectivity index (χ0v) is 14.1. The van der Waals surface area contributed by atoms with E-state index in [1.807, 2.05) is 12.3 Å². The minimum Gasteiger partial charge on any atom is -0.375 e. The number of aromatic nitrogens is 3. The van der Waals surface area contributed by atoms with Crippen molar-refractivity contribution < 1.29 is 9.13 Å². The van der Waals surface area contributed by atoms with Crippen molar-refractivity contribution in [3.63, 3.8) is 0 Å². The molecule has 0 amide bonds. The Labute approximate surface area is 146 Å². The van der Waals surface area contributed by atoms with Gasteiger partial charge in [-0.05, 0) is 24.5 Å². The molecule has 0 N–H and O–H groups in total. The first-order valence-electron chi connectivity index (χ1n) is 8.76. The number of ether oxygens (including phenoxy) is 1. The highest BCUT2D eigenvalue weighted by Gasteiger charge is 2.35. The third-order valence-electron chi connectivity index (χ3n) is 4.98. The maximum absolute atomic E-state index is 13.1. The van der Waals surface area contributed by atoms with Crippen LogP contribution in [-0.4, -0.2) is 58.2 Å². The summed E-state index contributed by atoms with van der Waals surface area (Å²) in [6.07, 6.45) is 8.31. The highest BCUT2D eigenvalue weighted by Crippen LogP contribution is 2.26. The van der Waals surface area contributed by atoms with E-state index in [1.54, 1.807) is 6.20 Å². The Morgan fingerprint density at radius 3 is 2.76 bits per heavy atom. The lowest BCUT2D eigenvalue weighted by atomic mass is 10.0. The van der Waals surface area contributed by atoms with Crippen molar-refractivity contribution in [3.05, 3.63) is 48.3 Å². The number of fused-ring (bicyclic) bond motifs is 1. The number of morpholine rings is 1. The van der Waals surface area contributed by atoms with E-state index >= 15 is 0 Å². The van der Waals surface area contributed by atoms with Gasteiger partial charge in [0.1, 0.15) is 0 Å². The van der Waals surface area contributed by atoms with Crippen molar-refractivity contribution in [1.29, 1.82) is 0 Å². The zero-order valence-electron chi connectivity index (χ0n) is 14.1. The minimum absolute atomic E-state index is 0.218. The summed E-state index contributed by atoms with van der Waals surface area (Å²) in [7, 11) is 0. The van der Waals surface area contributed by atoms with E-state index in [4.69, 9.17) is 4.74 Å². The van der Waals surface area contributed by atoms with Crippen molar-refractivity contribution >= 4 is 5.95 Å². The van der Waals surface area contributed by atoms with Crippen molar-refractivity contribution in [3.8, 4) is 0 Å². The van der Waals surface area contributed by atoms with Gasteiger partial charge in [-0.1, -0.05) is 6.07 Å². The van der Waals surface area contributed by atoms with Gasteiger partial charge < -0.3 is 9.64 Å². The summed E-state index contributed by atoms with van der Waals surface area (Å²) >= 11 is 0. The van der Waals surface area contributed by atoms with Gasteiger partial charge in [-0.15, -0.1) is 0 Å². The van der Waals surface area contributed by atoms with Crippen LogP contribution < -0.4 is 4.90 Å². The number of rotatable bonds is 3. The van der Waals surface area contributed by atoms with Gasteiger partial charge >= 0.3 is 0 Å². The molecule has 4 heterocycles. The van der Waals surface area contributed by atoms with Gasteiger partial charge in [0.05, 0.1) is 25.1 Å². The lowest BCUT2D eigenvalue weighted by molar-refractivity contribution is -0.0746. The highest BCUT2D eigenvalue weighted by atomic mass is 19.1. The molecule has 2 fully saturated rings. The molecule has 2 saturated heterocycles. The van der Waals surface area contributed by atoms with E-state index in [9.17, 15) is 4.39 Å². The van der Waals surface area contributed by atoms with Gasteiger partial charge in [0, 0.05) is 44.6 Å². The number of hydrogen-bond donors (Lipinski definition) is 0. The molecule has 4 rings (SSSR count). The monoisotopic (exact) mass is 343 g/mol. The molecule has 2 aromatic heterocycles. The van der Waals surface area contributed by atoms with Crippen LogP contribution in [0.15, 0.2) is 36.9 Å². The molecule has 2 unspecified atom stereocenters. The lowest BCUT2D eigenvalue weighted by Gasteiger charge is -2.40. The molecule has 0 aromatic carbocycles. The maximum Gasteiger partial charge on any atom is 0.225 e. The molecule has 0 bridgehead atoms. The predicted molar refractivity (Wildman–Crippen MR) is 91.6 cm³/mol. The van der Waals surface area contributed by atoms with Gasteiger partial charge in [0.25, 0.3) is 0 Å². The third kappa shape index (κ3) is 3.77. The van der Waals surface area contributed by atoms with Crippen molar-refractivity contribution in [2.45, 2.75) is 31.5 Å². The second-order valence-electron chi connectivity index (χ2n) is 6.57. The molecule has 2 atom stereocenters. The first kappa shape index (κ1) is 16.4. The van der Waals surface area contributed by atoms with Gasteiger partial charge in [0.2, 0.25) is 5.95 Å². The van der Waals surface area contributed by atoms with E-state index in [-0.39, 0.29) is 6.10 Å². The van der Waals surface area contributed by atoms with Gasteiger partial charge in [0.15, 0.2) is 5.82 Å². The fourth-order valence-electron chi connectivity index (χ4n) is 3.75. The number of anilines is 1. The Kier molecular flexibility index (Phi) is 4.85. The quantitative estimate of drug-likeness (QED) is 0.848. The average Bonchev–Trinajstić information content (AvgIpc) is 2.87. The van der Waals surface area contributed by atoms with Gasteiger partial charge in [-0.2, -0.15) is 0 Å². The van der Waals surface area contributed by atoms with E-state index in [0.29, 0.717) is 12.0 Å². The summed E-state index contributed by atoms with van der Waals surface area (Å²) in [5.41, 5.74) is 1.23. The smallest absolute Gasteiger partial charge is 0.225 e. The Hall–Kier alpha value is -2.12. The normalized spacial score (nSPS) is 24.6. The van der Waals surface area contributed by atoms with E-state index in [1.165, 1.54) is 18.0 Å². The van der Waals surface area contributed by atoms with Crippen LogP contribution in [0.3, 0.4) is 0 Å². The third-order valence-corrected chi connectivity index (χ3v) is 4.98. The molecule has 6 nitrogen and oxygen atoms in total. The van der Waals surface area contributed by atoms with Gasteiger partial charge in [-0.3, -0.25) is 9.88 Å². The molecule has 25 heavy (non-hydrogen) atoms. The van der Waals surface area contributed by atoms with Crippen LogP contribution in [0.2, 0.25) is 0 Å². The van der Waals surface area contributed by atoms with Crippen LogP contribution in [0.4, 0.5) is 10.3 Å². The Balaban J connectivity index is 1.46. The summed E-state index contributed by atoms with van der Waals surface area (Å²) < 4.78 is 19.1. The standard InChI is InChI=1S/C18H22FN5O/c19-15-11-21-18(22-12-15)23-6-3-16-17(4-7-23)25-9-8-24(16)13-14-2-1-5-20-10-14/h1-2,5,10-12,16-17H,3-4,6-9,13H2. The number of pyridine rings is 1. The molecule has 2 aromatic rings. The van der Waals surface area contributed by atoms with Crippen molar-refractivity contribution in [2.75, 3.05) is 31.1 Å². The summed E-state index contributed by atoms with van der Waals surface area (Å²) in [6, 6.07) is 4.47. The molecule has 0 spiro atoms. The number of halogens is 1. The Morgan fingerprint density at radius 2 is 1.96 bits per heavy atom. The van der Waals surface area contributed by atoms with Crippen LogP contribution in [0, 0.1) is 5.82 Å². The average molecular weight is 343 g/mol.